The van der Waals surface area contributed by atoms with E-state index in [4.69, 9.17) is 16.0 Å². The van der Waals surface area contributed by atoms with E-state index in [1.165, 1.54) is 11.3 Å². The third-order valence-electron chi connectivity index (χ3n) is 3.52. The van der Waals surface area contributed by atoms with E-state index < -0.39 is 0 Å². The molecule has 0 radical (unpaired) electrons. The molecule has 6 heteroatoms. The number of carbonyl (C=O) groups excluding carboxylic acids is 1. The zero-order chi connectivity index (χ0) is 16.0. The van der Waals surface area contributed by atoms with E-state index in [2.05, 4.69) is 10.3 Å². The van der Waals surface area contributed by atoms with Crippen molar-refractivity contribution in [2.75, 3.05) is 5.32 Å². The summed E-state index contributed by atoms with van der Waals surface area (Å²) >= 11 is 7.44. The van der Waals surface area contributed by atoms with E-state index in [1.54, 1.807) is 6.07 Å². The minimum Gasteiger partial charge on any atom is -0.451 e. The predicted octanol–water partition coefficient (Wildman–Crippen LogP) is 5.26. The van der Waals surface area contributed by atoms with Crippen molar-refractivity contribution < 1.29 is 9.21 Å². The van der Waals surface area contributed by atoms with Gasteiger partial charge in [0.2, 0.25) is 0 Å². The molecule has 0 unspecified atom stereocenters. The summed E-state index contributed by atoms with van der Waals surface area (Å²) in [5.41, 5.74) is 2.51. The Hall–Kier alpha value is -2.37. The van der Waals surface area contributed by atoms with Gasteiger partial charge in [-0.3, -0.25) is 10.1 Å². The molecule has 0 aliphatic rings. The minimum absolute atomic E-state index is 0.264. The summed E-state index contributed by atoms with van der Waals surface area (Å²) in [6.07, 6.45) is 0. The maximum Gasteiger partial charge on any atom is 0.293 e. The standard InChI is InChI=1S/C17H11ClN2O2S/c1-9-6-11(18)8-14-15(9)19-17(23-14)20-16(21)13-7-10-4-2-3-5-12(10)22-13/h2-8H,1H3,(H,19,20,21). The van der Waals surface area contributed by atoms with Crippen LogP contribution < -0.4 is 5.32 Å². The van der Waals surface area contributed by atoms with Gasteiger partial charge in [0.1, 0.15) is 5.58 Å². The van der Waals surface area contributed by atoms with Crippen LogP contribution in [0.15, 0.2) is 46.9 Å². The summed E-state index contributed by atoms with van der Waals surface area (Å²) in [7, 11) is 0. The van der Waals surface area contributed by atoms with Crippen LogP contribution in [0.2, 0.25) is 5.02 Å². The van der Waals surface area contributed by atoms with Crippen LogP contribution in [0.1, 0.15) is 16.1 Å². The van der Waals surface area contributed by atoms with E-state index >= 15 is 0 Å². The number of anilines is 1. The predicted molar refractivity (Wildman–Crippen MR) is 93.5 cm³/mol. The molecular formula is C17H11ClN2O2S. The van der Waals surface area contributed by atoms with Gasteiger partial charge in [-0.2, -0.15) is 0 Å². The number of hydrogen-bond acceptors (Lipinski definition) is 4. The Balaban J connectivity index is 1.67. The minimum atomic E-state index is -0.316. The molecular weight excluding hydrogens is 332 g/mol. The summed E-state index contributed by atoms with van der Waals surface area (Å²) in [6, 6.07) is 12.9. The first-order chi connectivity index (χ1) is 11.1. The number of halogens is 1. The van der Waals surface area contributed by atoms with Gasteiger partial charge in [-0.05, 0) is 36.8 Å². The summed E-state index contributed by atoms with van der Waals surface area (Å²) in [5, 5.41) is 4.86. The molecule has 0 bridgehead atoms. The van der Waals surface area contributed by atoms with Crippen LogP contribution in [0.3, 0.4) is 0 Å². The Kier molecular flexibility index (Phi) is 3.32. The highest BCUT2D eigenvalue weighted by molar-refractivity contribution is 7.22. The molecule has 0 fully saturated rings. The van der Waals surface area contributed by atoms with Crippen molar-refractivity contribution in [1.82, 2.24) is 4.98 Å². The van der Waals surface area contributed by atoms with Crippen LogP contribution in [0.4, 0.5) is 5.13 Å². The number of nitrogens with one attached hydrogen (secondary N) is 1. The lowest BCUT2D eigenvalue weighted by Crippen LogP contribution is -2.10. The molecule has 0 atom stereocenters. The first-order valence-electron chi connectivity index (χ1n) is 6.97. The Morgan fingerprint density at radius 3 is 2.91 bits per heavy atom. The largest absolute Gasteiger partial charge is 0.451 e. The lowest BCUT2D eigenvalue weighted by Gasteiger charge is -1.96. The average molecular weight is 343 g/mol. The van der Waals surface area contributed by atoms with Crippen LogP contribution in [-0.2, 0) is 0 Å². The summed E-state index contributed by atoms with van der Waals surface area (Å²) in [4.78, 5) is 16.8. The van der Waals surface area contributed by atoms with Gasteiger partial charge >= 0.3 is 0 Å². The van der Waals surface area contributed by atoms with Crippen LogP contribution in [0.5, 0.6) is 0 Å². The van der Waals surface area contributed by atoms with Crippen LogP contribution in [-0.4, -0.2) is 10.9 Å². The van der Waals surface area contributed by atoms with Crippen molar-refractivity contribution in [3.05, 3.63) is 58.8 Å². The molecule has 114 valence electrons. The van der Waals surface area contributed by atoms with Gasteiger partial charge in [0.25, 0.3) is 5.91 Å². The van der Waals surface area contributed by atoms with E-state index in [0.717, 1.165) is 21.2 Å². The zero-order valence-electron chi connectivity index (χ0n) is 12.1. The number of nitrogens with zero attached hydrogens (tertiary/aromatic N) is 1. The second-order valence-electron chi connectivity index (χ2n) is 5.19. The smallest absolute Gasteiger partial charge is 0.293 e. The van der Waals surface area contributed by atoms with Crippen molar-refractivity contribution in [2.45, 2.75) is 6.92 Å². The number of fused-ring (bicyclic) bond motifs is 2. The number of benzene rings is 2. The van der Waals surface area contributed by atoms with Crippen molar-refractivity contribution in [3.8, 4) is 0 Å². The quantitative estimate of drug-likeness (QED) is 0.540. The molecule has 2 aromatic carbocycles. The molecule has 4 nitrogen and oxygen atoms in total. The van der Waals surface area contributed by atoms with E-state index in [-0.39, 0.29) is 11.7 Å². The lowest BCUT2D eigenvalue weighted by atomic mass is 10.2. The van der Waals surface area contributed by atoms with Crippen molar-refractivity contribution in [1.29, 1.82) is 0 Å². The van der Waals surface area contributed by atoms with Crippen molar-refractivity contribution >= 4 is 55.2 Å². The molecule has 0 saturated heterocycles. The molecule has 0 spiro atoms. The highest BCUT2D eigenvalue weighted by Gasteiger charge is 2.15. The highest BCUT2D eigenvalue weighted by atomic mass is 35.5. The number of para-hydroxylation sites is 1. The van der Waals surface area contributed by atoms with Gasteiger partial charge in [0.15, 0.2) is 10.9 Å². The zero-order valence-corrected chi connectivity index (χ0v) is 13.7. The second kappa shape index (κ2) is 5.37. The topological polar surface area (TPSA) is 55.1 Å². The third kappa shape index (κ3) is 2.58. The third-order valence-corrected chi connectivity index (χ3v) is 4.66. The summed E-state index contributed by atoms with van der Waals surface area (Å²) < 4.78 is 6.50. The van der Waals surface area contributed by atoms with Gasteiger partial charge in [-0.25, -0.2) is 4.98 Å². The fraction of sp³-hybridized carbons (Fsp3) is 0.0588. The summed E-state index contributed by atoms with van der Waals surface area (Å²) in [6.45, 7) is 1.94. The number of furan rings is 1. The maximum atomic E-state index is 12.3. The van der Waals surface area contributed by atoms with Gasteiger partial charge in [0.05, 0.1) is 10.2 Å². The molecule has 2 aromatic heterocycles. The first-order valence-corrected chi connectivity index (χ1v) is 8.16. The Bertz CT molecular complexity index is 1020. The summed E-state index contributed by atoms with van der Waals surface area (Å²) in [5.74, 6) is -0.0517. The molecule has 4 rings (SSSR count). The number of amides is 1. The second-order valence-corrected chi connectivity index (χ2v) is 6.66. The number of rotatable bonds is 2. The maximum absolute atomic E-state index is 12.3. The SMILES string of the molecule is Cc1cc(Cl)cc2sc(NC(=O)c3cc4ccccc4o3)nc12. The molecule has 0 saturated carbocycles. The molecule has 2 heterocycles. The van der Waals surface area contributed by atoms with Crippen LogP contribution >= 0.6 is 22.9 Å². The average Bonchev–Trinajstić information content (AvgIpc) is 3.10. The number of carbonyl (C=O) groups is 1. The van der Waals surface area contributed by atoms with Crippen LogP contribution in [0.25, 0.3) is 21.2 Å². The number of thiazole rings is 1. The van der Waals surface area contributed by atoms with E-state index in [1.807, 2.05) is 43.3 Å². The first kappa shape index (κ1) is 14.2. The van der Waals surface area contributed by atoms with Crippen molar-refractivity contribution in [2.24, 2.45) is 0 Å². The molecule has 0 aliphatic heterocycles. The molecule has 1 amide bonds. The fourth-order valence-electron chi connectivity index (χ4n) is 2.46. The Morgan fingerprint density at radius 1 is 1.26 bits per heavy atom. The molecule has 23 heavy (non-hydrogen) atoms. The monoisotopic (exact) mass is 342 g/mol. The van der Waals surface area contributed by atoms with Crippen molar-refractivity contribution in [3.63, 3.8) is 0 Å². The van der Waals surface area contributed by atoms with E-state index in [0.29, 0.717) is 15.7 Å². The fourth-order valence-corrected chi connectivity index (χ4v) is 3.78. The number of aryl methyl sites for hydroxylation is 1. The Morgan fingerprint density at radius 2 is 2.09 bits per heavy atom. The van der Waals surface area contributed by atoms with E-state index in [9.17, 15) is 4.79 Å². The number of hydrogen-bond donors (Lipinski definition) is 1. The van der Waals surface area contributed by atoms with Gasteiger partial charge in [-0.15, -0.1) is 0 Å². The number of aromatic nitrogens is 1. The van der Waals surface area contributed by atoms with Gasteiger partial charge in [0, 0.05) is 10.4 Å². The van der Waals surface area contributed by atoms with Crippen LogP contribution in [0, 0.1) is 6.92 Å². The molecule has 0 aliphatic carbocycles. The van der Waals surface area contributed by atoms with Gasteiger partial charge in [-0.1, -0.05) is 41.1 Å². The molecule has 1 N–H and O–H groups in total. The molecule has 4 aromatic rings. The highest BCUT2D eigenvalue weighted by Crippen LogP contribution is 2.31. The van der Waals surface area contributed by atoms with Gasteiger partial charge < -0.3 is 4.42 Å². The normalized spacial score (nSPS) is 11.2. The Labute approximate surface area is 140 Å². The lowest BCUT2D eigenvalue weighted by molar-refractivity contribution is 0.0998.